The summed E-state index contributed by atoms with van der Waals surface area (Å²) in [6.07, 6.45) is 0.318. The molecule has 2 nitrogen and oxygen atoms in total. The van der Waals surface area contributed by atoms with Crippen molar-refractivity contribution in [2.75, 3.05) is 6.61 Å². The van der Waals surface area contributed by atoms with E-state index in [9.17, 15) is 0 Å². The van der Waals surface area contributed by atoms with E-state index in [1.807, 2.05) is 30.3 Å². The summed E-state index contributed by atoms with van der Waals surface area (Å²) < 4.78 is 10.9. The van der Waals surface area contributed by atoms with Gasteiger partial charge >= 0.3 is 0 Å². The van der Waals surface area contributed by atoms with Gasteiger partial charge in [0.2, 0.25) is 0 Å². The van der Waals surface area contributed by atoms with E-state index in [4.69, 9.17) is 9.47 Å². The molecule has 1 atom stereocenters. The minimum atomic E-state index is 0.318. The van der Waals surface area contributed by atoms with Crippen LogP contribution in [0.5, 0.6) is 5.75 Å². The van der Waals surface area contributed by atoms with Gasteiger partial charge in [-0.05, 0) is 23.3 Å². The van der Waals surface area contributed by atoms with Crippen LogP contribution < -0.4 is 4.74 Å². The fraction of sp³-hybridized carbons (Fsp3) is 0.200. The summed E-state index contributed by atoms with van der Waals surface area (Å²) in [4.78, 5) is 0. The molecule has 1 fully saturated rings. The van der Waals surface area contributed by atoms with Crippen LogP contribution >= 0.6 is 0 Å². The summed E-state index contributed by atoms with van der Waals surface area (Å²) >= 11 is 0. The molecule has 0 spiro atoms. The first-order valence-corrected chi connectivity index (χ1v) is 5.80. The van der Waals surface area contributed by atoms with Crippen molar-refractivity contribution < 1.29 is 9.47 Å². The fourth-order valence-electron chi connectivity index (χ4n) is 1.76. The van der Waals surface area contributed by atoms with Crippen LogP contribution in [0, 0.1) is 0 Å². The molecule has 3 rings (SSSR count). The van der Waals surface area contributed by atoms with Gasteiger partial charge in [0, 0.05) is 0 Å². The summed E-state index contributed by atoms with van der Waals surface area (Å²) in [5, 5.41) is 0. The molecule has 0 aliphatic carbocycles. The Balaban J connectivity index is 1.61. The third-order valence-electron chi connectivity index (χ3n) is 2.83. The Bertz CT molecular complexity index is 472. The van der Waals surface area contributed by atoms with E-state index in [-0.39, 0.29) is 0 Å². The molecule has 0 aromatic heterocycles. The van der Waals surface area contributed by atoms with Gasteiger partial charge in [0.1, 0.15) is 18.5 Å². The van der Waals surface area contributed by atoms with Crippen LogP contribution in [-0.2, 0) is 11.3 Å². The molecule has 0 N–H and O–H groups in total. The minimum Gasteiger partial charge on any atom is -0.489 e. The van der Waals surface area contributed by atoms with Crippen molar-refractivity contribution in [3.8, 4) is 5.75 Å². The molecule has 86 valence electrons. The Hall–Kier alpha value is -1.80. The molecule has 1 saturated heterocycles. The third kappa shape index (κ3) is 2.66. The molecule has 0 unspecified atom stereocenters. The summed E-state index contributed by atoms with van der Waals surface area (Å²) in [6.45, 7) is 1.46. The number of benzene rings is 2. The van der Waals surface area contributed by atoms with E-state index in [1.54, 1.807) is 0 Å². The van der Waals surface area contributed by atoms with Crippen LogP contribution in [-0.4, -0.2) is 6.61 Å². The highest BCUT2D eigenvalue weighted by Gasteiger charge is 2.24. The topological polar surface area (TPSA) is 21.8 Å². The first-order valence-electron chi connectivity index (χ1n) is 5.80. The molecular formula is C15H14O2. The van der Waals surface area contributed by atoms with Gasteiger partial charge < -0.3 is 9.47 Å². The predicted molar refractivity (Wildman–Crippen MR) is 65.9 cm³/mol. The van der Waals surface area contributed by atoms with Crippen LogP contribution in [0.3, 0.4) is 0 Å². The Kier molecular flexibility index (Phi) is 2.80. The van der Waals surface area contributed by atoms with E-state index < -0.39 is 0 Å². The summed E-state index contributed by atoms with van der Waals surface area (Å²) in [5.41, 5.74) is 2.42. The second-order valence-electron chi connectivity index (χ2n) is 4.17. The maximum atomic E-state index is 5.71. The number of epoxide rings is 1. The summed E-state index contributed by atoms with van der Waals surface area (Å²) in [7, 11) is 0. The maximum Gasteiger partial charge on any atom is 0.119 e. The Morgan fingerprint density at radius 1 is 1.00 bits per heavy atom. The molecule has 2 aromatic rings. The maximum absolute atomic E-state index is 5.71. The van der Waals surface area contributed by atoms with Crippen LogP contribution in [0.1, 0.15) is 17.2 Å². The standard InChI is InChI=1S/C15H14O2/c1-2-4-12(5-3-1)10-16-14-8-6-13(7-9-14)15-11-17-15/h1-9,15H,10-11H2/t15-/m1/s1. The van der Waals surface area contributed by atoms with E-state index in [1.165, 1.54) is 11.1 Å². The predicted octanol–water partition coefficient (Wildman–Crippen LogP) is 3.34. The third-order valence-corrected chi connectivity index (χ3v) is 2.83. The average Bonchev–Trinajstić information content (AvgIpc) is 3.23. The zero-order valence-corrected chi connectivity index (χ0v) is 9.50. The van der Waals surface area contributed by atoms with Gasteiger partial charge in [0.15, 0.2) is 0 Å². The molecule has 0 bridgehead atoms. The van der Waals surface area contributed by atoms with Gasteiger partial charge in [-0.2, -0.15) is 0 Å². The zero-order valence-electron chi connectivity index (χ0n) is 9.50. The second kappa shape index (κ2) is 4.60. The van der Waals surface area contributed by atoms with Gasteiger partial charge in [-0.3, -0.25) is 0 Å². The number of rotatable bonds is 4. The highest BCUT2D eigenvalue weighted by Crippen LogP contribution is 2.30. The number of hydrogen-bond donors (Lipinski definition) is 0. The van der Waals surface area contributed by atoms with E-state index in [2.05, 4.69) is 24.3 Å². The molecule has 0 amide bonds. The van der Waals surface area contributed by atoms with E-state index in [0.29, 0.717) is 12.7 Å². The Labute approximate surface area is 101 Å². The molecular weight excluding hydrogens is 212 g/mol. The van der Waals surface area contributed by atoms with Crippen LogP contribution in [0.4, 0.5) is 0 Å². The van der Waals surface area contributed by atoms with E-state index in [0.717, 1.165) is 12.4 Å². The van der Waals surface area contributed by atoms with Crippen molar-refractivity contribution in [3.05, 3.63) is 65.7 Å². The lowest BCUT2D eigenvalue weighted by Gasteiger charge is -2.06. The van der Waals surface area contributed by atoms with E-state index >= 15 is 0 Å². The monoisotopic (exact) mass is 226 g/mol. The molecule has 2 heteroatoms. The van der Waals surface area contributed by atoms with Crippen molar-refractivity contribution in [1.29, 1.82) is 0 Å². The zero-order chi connectivity index (χ0) is 11.5. The van der Waals surface area contributed by atoms with Crippen LogP contribution in [0.15, 0.2) is 54.6 Å². The quantitative estimate of drug-likeness (QED) is 0.746. The van der Waals surface area contributed by atoms with Crippen molar-refractivity contribution in [2.45, 2.75) is 12.7 Å². The van der Waals surface area contributed by atoms with Gasteiger partial charge in [-0.25, -0.2) is 0 Å². The molecule has 0 radical (unpaired) electrons. The smallest absolute Gasteiger partial charge is 0.119 e. The number of hydrogen-bond acceptors (Lipinski definition) is 2. The van der Waals surface area contributed by atoms with Gasteiger partial charge in [0.05, 0.1) is 6.61 Å². The van der Waals surface area contributed by atoms with Crippen molar-refractivity contribution in [2.24, 2.45) is 0 Å². The first-order chi connectivity index (χ1) is 8.42. The molecule has 0 saturated carbocycles. The second-order valence-corrected chi connectivity index (χ2v) is 4.17. The van der Waals surface area contributed by atoms with Crippen molar-refractivity contribution >= 4 is 0 Å². The Morgan fingerprint density at radius 3 is 2.35 bits per heavy atom. The highest BCUT2D eigenvalue weighted by atomic mass is 16.6. The van der Waals surface area contributed by atoms with Gasteiger partial charge in [-0.15, -0.1) is 0 Å². The SMILES string of the molecule is c1ccc(COc2ccc([C@H]3CO3)cc2)cc1. The molecule has 17 heavy (non-hydrogen) atoms. The first kappa shape index (κ1) is 10.4. The van der Waals surface area contributed by atoms with Crippen LogP contribution in [0.2, 0.25) is 0 Å². The lowest BCUT2D eigenvalue weighted by molar-refractivity contribution is 0.306. The average molecular weight is 226 g/mol. The van der Waals surface area contributed by atoms with Crippen molar-refractivity contribution in [3.63, 3.8) is 0 Å². The van der Waals surface area contributed by atoms with Crippen molar-refractivity contribution in [1.82, 2.24) is 0 Å². The highest BCUT2D eigenvalue weighted by molar-refractivity contribution is 5.30. The normalized spacial score (nSPS) is 17.8. The summed E-state index contributed by atoms with van der Waals surface area (Å²) in [5.74, 6) is 0.901. The number of ether oxygens (including phenoxy) is 2. The molecule has 1 aliphatic rings. The molecule has 1 heterocycles. The molecule has 1 aliphatic heterocycles. The largest absolute Gasteiger partial charge is 0.489 e. The lowest BCUT2D eigenvalue weighted by atomic mass is 10.1. The fourth-order valence-corrected chi connectivity index (χ4v) is 1.76. The van der Waals surface area contributed by atoms with Gasteiger partial charge in [0.25, 0.3) is 0 Å². The Morgan fingerprint density at radius 2 is 1.71 bits per heavy atom. The van der Waals surface area contributed by atoms with Gasteiger partial charge in [-0.1, -0.05) is 42.5 Å². The molecule has 2 aromatic carbocycles. The minimum absolute atomic E-state index is 0.318. The summed E-state index contributed by atoms with van der Waals surface area (Å²) in [6, 6.07) is 18.3. The van der Waals surface area contributed by atoms with Crippen LogP contribution in [0.25, 0.3) is 0 Å². The lowest BCUT2D eigenvalue weighted by Crippen LogP contribution is -1.94.